The lowest BCUT2D eigenvalue weighted by molar-refractivity contribution is -0.122. The van der Waals surface area contributed by atoms with Gasteiger partial charge in [0, 0.05) is 38.2 Å². The first-order valence-corrected chi connectivity index (χ1v) is 7.25. The van der Waals surface area contributed by atoms with Gasteiger partial charge in [-0.3, -0.25) is 14.6 Å². The van der Waals surface area contributed by atoms with Crippen LogP contribution >= 0.6 is 0 Å². The van der Waals surface area contributed by atoms with E-state index in [1.165, 1.54) is 6.20 Å². The number of amides is 2. The molecule has 1 aromatic heterocycles. The number of benzene rings is 1. The topological polar surface area (TPSA) is 80.3 Å². The number of nitrogens with one attached hydrogen (secondary N) is 2. The van der Waals surface area contributed by atoms with Gasteiger partial charge >= 0.3 is 0 Å². The van der Waals surface area contributed by atoms with Crippen molar-refractivity contribution in [1.29, 1.82) is 0 Å². The highest BCUT2D eigenvalue weighted by molar-refractivity contribution is 6.04. The van der Waals surface area contributed by atoms with Crippen molar-refractivity contribution < 1.29 is 14.3 Å². The summed E-state index contributed by atoms with van der Waals surface area (Å²) >= 11 is 0. The summed E-state index contributed by atoms with van der Waals surface area (Å²) < 4.78 is 4.86. The molecule has 0 fully saturated rings. The summed E-state index contributed by atoms with van der Waals surface area (Å²) in [6.07, 6.45) is 3.45. The van der Waals surface area contributed by atoms with Crippen LogP contribution in [0.3, 0.4) is 0 Å². The predicted molar refractivity (Wildman–Crippen MR) is 87.0 cm³/mol. The van der Waals surface area contributed by atoms with Crippen LogP contribution in [0.5, 0.6) is 0 Å². The molecule has 1 aromatic carbocycles. The molecule has 0 aliphatic heterocycles. The van der Waals surface area contributed by atoms with Gasteiger partial charge in [-0.05, 0) is 29.8 Å². The number of aromatic nitrogens is 1. The van der Waals surface area contributed by atoms with Gasteiger partial charge < -0.3 is 15.4 Å². The third kappa shape index (κ3) is 5.52. The molecule has 2 N–H and O–H groups in total. The van der Waals surface area contributed by atoms with Crippen LogP contribution in [0, 0.1) is 0 Å². The summed E-state index contributed by atoms with van der Waals surface area (Å²) in [5.74, 6) is -0.295. The first kappa shape index (κ1) is 16.6. The van der Waals surface area contributed by atoms with Crippen LogP contribution in [-0.2, 0) is 16.1 Å². The lowest BCUT2D eigenvalue weighted by Crippen LogP contribution is -2.23. The summed E-state index contributed by atoms with van der Waals surface area (Å²) in [7, 11) is 1.56. The predicted octanol–water partition coefficient (Wildman–Crippen LogP) is 1.99. The maximum atomic E-state index is 12.1. The molecule has 0 unspecified atom stereocenters. The van der Waals surface area contributed by atoms with E-state index in [4.69, 9.17) is 4.74 Å². The van der Waals surface area contributed by atoms with Gasteiger partial charge in [0.1, 0.15) is 0 Å². The van der Waals surface area contributed by atoms with Gasteiger partial charge in [-0.15, -0.1) is 0 Å². The zero-order valence-electron chi connectivity index (χ0n) is 12.9. The van der Waals surface area contributed by atoms with Crippen molar-refractivity contribution >= 4 is 17.5 Å². The Morgan fingerprint density at radius 1 is 1.22 bits per heavy atom. The normalized spacial score (nSPS) is 10.1. The highest BCUT2D eigenvalue weighted by Crippen LogP contribution is 2.12. The van der Waals surface area contributed by atoms with Crippen molar-refractivity contribution in [3.05, 3.63) is 59.9 Å². The van der Waals surface area contributed by atoms with Crippen LogP contribution < -0.4 is 10.6 Å². The van der Waals surface area contributed by atoms with Crippen LogP contribution in [0.1, 0.15) is 22.3 Å². The number of anilines is 1. The Hall–Kier alpha value is -2.73. The fourth-order valence-electron chi connectivity index (χ4n) is 1.94. The molecule has 0 aliphatic carbocycles. The molecule has 0 aliphatic rings. The van der Waals surface area contributed by atoms with Gasteiger partial charge in [0.15, 0.2) is 0 Å². The molecular weight excluding hydrogens is 294 g/mol. The monoisotopic (exact) mass is 313 g/mol. The number of carbonyl (C=O) groups excluding carboxylic acids is 2. The highest BCUT2D eigenvalue weighted by Gasteiger charge is 2.06. The minimum absolute atomic E-state index is 0.0725. The SMILES string of the molecule is COCCC(=O)NCc1cccc(NC(=O)c2cccnc2)c1. The standard InChI is InChI=1S/C17H19N3O3/c1-23-9-7-16(21)19-11-13-4-2-6-15(10-13)20-17(22)14-5-3-8-18-12-14/h2-6,8,10,12H,7,9,11H2,1H3,(H,19,21)(H,20,22). The fourth-order valence-corrected chi connectivity index (χ4v) is 1.94. The first-order chi connectivity index (χ1) is 11.2. The van der Waals surface area contributed by atoms with E-state index in [1.807, 2.05) is 18.2 Å². The van der Waals surface area contributed by atoms with Crippen molar-refractivity contribution in [2.75, 3.05) is 19.0 Å². The molecule has 0 spiro atoms. The van der Waals surface area contributed by atoms with Crippen LogP contribution in [-0.4, -0.2) is 30.5 Å². The number of hydrogen-bond donors (Lipinski definition) is 2. The van der Waals surface area contributed by atoms with E-state index in [0.29, 0.717) is 30.8 Å². The molecule has 2 rings (SSSR count). The van der Waals surface area contributed by atoms with E-state index >= 15 is 0 Å². The Morgan fingerprint density at radius 2 is 2.09 bits per heavy atom. The van der Waals surface area contributed by atoms with Gasteiger partial charge in [0.25, 0.3) is 5.91 Å². The molecule has 23 heavy (non-hydrogen) atoms. The third-order valence-electron chi connectivity index (χ3n) is 3.13. The molecule has 1 heterocycles. The lowest BCUT2D eigenvalue weighted by Gasteiger charge is -2.08. The smallest absolute Gasteiger partial charge is 0.257 e. The Labute approximate surface area is 134 Å². The number of hydrogen-bond acceptors (Lipinski definition) is 4. The molecule has 0 bridgehead atoms. The molecule has 6 heteroatoms. The molecule has 2 aromatic rings. The third-order valence-corrected chi connectivity index (χ3v) is 3.13. The molecule has 0 saturated heterocycles. The van der Waals surface area contributed by atoms with Crippen molar-refractivity contribution in [3.8, 4) is 0 Å². The Kier molecular flexibility index (Phi) is 6.26. The van der Waals surface area contributed by atoms with Gasteiger partial charge in [0.2, 0.25) is 5.91 Å². The first-order valence-electron chi connectivity index (χ1n) is 7.25. The van der Waals surface area contributed by atoms with Crippen molar-refractivity contribution in [3.63, 3.8) is 0 Å². The van der Waals surface area contributed by atoms with Gasteiger partial charge in [-0.25, -0.2) is 0 Å². The maximum Gasteiger partial charge on any atom is 0.257 e. The lowest BCUT2D eigenvalue weighted by atomic mass is 10.2. The molecule has 120 valence electrons. The number of rotatable bonds is 7. The summed E-state index contributed by atoms with van der Waals surface area (Å²) in [6.45, 7) is 0.798. The fraction of sp³-hybridized carbons (Fsp3) is 0.235. The Balaban J connectivity index is 1.92. The minimum atomic E-state index is -0.223. The van der Waals surface area contributed by atoms with E-state index < -0.39 is 0 Å². The summed E-state index contributed by atoms with van der Waals surface area (Å²) in [5, 5.41) is 5.61. The van der Waals surface area contributed by atoms with Gasteiger partial charge in [-0.1, -0.05) is 12.1 Å². The van der Waals surface area contributed by atoms with Crippen molar-refractivity contribution in [2.24, 2.45) is 0 Å². The number of pyridine rings is 1. The second kappa shape index (κ2) is 8.65. The number of ether oxygens (including phenoxy) is 1. The highest BCUT2D eigenvalue weighted by atomic mass is 16.5. The van der Waals surface area contributed by atoms with Crippen LogP contribution in [0.4, 0.5) is 5.69 Å². The Morgan fingerprint density at radius 3 is 2.83 bits per heavy atom. The van der Waals surface area contributed by atoms with E-state index in [2.05, 4.69) is 15.6 Å². The van der Waals surface area contributed by atoms with E-state index in [9.17, 15) is 9.59 Å². The molecule has 6 nitrogen and oxygen atoms in total. The second-order valence-corrected chi connectivity index (χ2v) is 4.92. The van der Waals surface area contributed by atoms with Crippen LogP contribution in [0.2, 0.25) is 0 Å². The zero-order chi connectivity index (χ0) is 16.5. The molecule has 0 saturated carbocycles. The van der Waals surface area contributed by atoms with Crippen LogP contribution in [0.25, 0.3) is 0 Å². The van der Waals surface area contributed by atoms with E-state index in [0.717, 1.165) is 5.56 Å². The number of nitrogens with zero attached hydrogens (tertiary/aromatic N) is 1. The van der Waals surface area contributed by atoms with Crippen LogP contribution in [0.15, 0.2) is 48.8 Å². The molecule has 0 radical (unpaired) electrons. The minimum Gasteiger partial charge on any atom is -0.384 e. The summed E-state index contributed by atoms with van der Waals surface area (Å²) in [5.41, 5.74) is 2.06. The largest absolute Gasteiger partial charge is 0.384 e. The number of methoxy groups -OCH3 is 1. The Bertz CT molecular complexity index is 659. The summed E-state index contributed by atoms with van der Waals surface area (Å²) in [4.78, 5) is 27.5. The average molecular weight is 313 g/mol. The number of carbonyl (C=O) groups is 2. The average Bonchev–Trinajstić information content (AvgIpc) is 2.59. The molecule has 2 amide bonds. The van der Waals surface area contributed by atoms with E-state index in [1.54, 1.807) is 31.5 Å². The quantitative estimate of drug-likeness (QED) is 0.819. The maximum absolute atomic E-state index is 12.1. The van der Waals surface area contributed by atoms with E-state index in [-0.39, 0.29) is 11.8 Å². The van der Waals surface area contributed by atoms with Gasteiger partial charge in [-0.2, -0.15) is 0 Å². The van der Waals surface area contributed by atoms with Crippen molar-refractivity contribution in [2.45, 2.75) is 13.0 Å². The molecule has 0 atom stereocenters. The second-order valence-electron chi connectivity index (χ2n) is 4.92. The zero-order valence-corrected chi connectivity index (χ0v) is 12.9. The van der Waals surface area contributed by atoms with Crippen molar-refractivity contribution in [1.82, 2.24) is 10.3 Å². The van der Waals surface area contributed by atoms with Gasteiger partial charge in [0.05, 0.1) is 12.2 Å². The summed E-state index contributed by atoms with van der Waals surface area (Å²) in [6, 6.07) is 10.7. The molecular formula is C17H19N3O3.